The van der Waals surface area contributed by atoms with E-state index in [9.17, 15) is 9.59 Å². The summed E-state index contributed by atoms with van der Waals surface area (Å²) < 4.78 is 5.04. The summed E-state index contributed by atoms with van der Waals surface area (Å²) in [7, 11) is 1.73. The highest BCUT2D eigenvalue weighted by Gasteiger charge is 2.36. The molecule has 1 aliphatic rings. The van der Waals surface area contributed by atoms with Crippen molar-refractivity contribution in [2.45, 2.75) is 39.7 Å². The lowest BCUT2D eigenvalue weighted by atomic mass is 10.0. The number of benzene rings is 1. The summed E-state index contributed by atoms with van der Waals surface area (Å²) in [5.74, 6) is 0.784. The predicted octanol–water partition coefficient (Wildman–Crippen LogP) is 3.12. The molecule has 0 unspecified atom stereocenters. The number of aromatic nitrogens is 1. The van der Waals surface area contributed by atoms with Crippen molar-refractivity contribution in [1.82, 2.24) is 10.1 Å². The summed E-state index contributed by atoms with van der Waals surface area (Å²) in [4.78, 5) is 28.5. The van der Waals surface area contributed by atoms with Crippen LogP contribution in [0.2, 0.25) is 0 Å². The highest BCUT2D eigenvalue weighted by molar-refractivity contribution is 6.00. The number of hydrogen-bond acceptors (Lipinski definition) is 4. The van der Waals surface area contributed by atoms with Crippen LogP contribution in [0, 0.1) is 12.8 Å². The van der Waals surface area contributed by atoms with Crippen LogP contribution in [-0.4, -0.2) is 35.5 Å². The molecule has 0 radical (unpaired) electrons. The van der Waals surface area contributed by atoms with Crippen molar-refractivity contribution in [3.8, 4) is 0 Å². The minimum Gasteiger partial charge on any atom is -0.361 e. The fourth-order valence-corrected chi connectivity index (χ4v) is 3.29. The number of aryl methyl sites for hydroxylation is 1. The first-order valence-electron chi connectivity index (χ1n) is 8.92. The highest BCUT2D eigenvalue weighted by Crippen LogP contribution is 2.28. The van der Waals surface area contributed by atoms with E-state index in [0.717, 1.165) is 5.69 Å². The van der Waals surface area contributed by atoms with Crippen LogP contribution in [0.4, 0.5) is 5.69 Å². The number of anilines is 1. The van der Waals surface area contributed by atoms with E-state index in [0.29, 0.717) is 30.5 Å². The lowest BCUT2D eigenvalue weighted by Gasteiger charge is -2.21. The van der Waals surface area contributed by atoms with E-state index < -0.39 is 0 Å². The highest BCUT2D eigenvalue weighted by atomic mass is 16.5. The zero-order valence-electron chi connectivity index (χ0n) is 15.7. The second-order valence-electron chi connectivity index (χ2n) is 7.27. The maximum absolute atomic E-state index is 12.7. The van der Waals surface area contributed by atoms with Gasteiger partial charge >= 0.3 is 0 Å². The Morgan fingerprint density at radius 3 is 2.62 bits per heavy atom. The monoisotopic (exact) mass is 355 g/mol. The molecule has 0 N–H and O–H groups in total. The maximum atomic E-state index is 12.7. The van der Waals surface area contributed by atoms with Gasteiger partial charge in [0, 0.05) is 31.8 Å². The van der Waals surface area contributed by atoms with Gasteiger partial charge in [0.2, 0.25) is 11.8 Å². The Labute approximate surface area is 153 Å². The lowest BCUT2D eigenvalue weighted by Crippen LogP contribution is -2.34. The zero-order chi connectivity index (χ0) is 18.8. The summed E-state index contributed by atoms with van der Waals surface area (Å²) in [6.07, 6.45) is 0.243. The fraction of sp³-hybridized carbons (Fsp3) is 0.450. The second kappa shape index (κ2) is 7.32. The van der Waals surface area contributed by atoms with E-state index in [2.05, 4.69) is 19.0 Å². The molecule has 6 heteroatoms. The van der Waals surface area contributed by atoms with Crippen molar-refractivity contribution in [3.63, 3.8) is 0 Å². The molecule has 1 aliphatic heterocycles. The van der Waals surface area contributed by atoms with Crippen LogP contribution in [0.3, 0.4) is 0 Å². The molecule has 1 aromatic carbocycles. The van der Waals surface area contributed by atoms with E-state index >= 15 is 0 Å². The molecule has 6 nitrogen and oxygen atoms in total. The molecule has 0 bridgehead atoms. The SMILES string of the molecule is Cc1cc(CN(C)C(=O)[C@@H]2CC(=O)N(c3ccc(C(C)C)cc3)C2)no1. The molecule has 3 rings (SSSR count). The molecule has 0 saturated carbocycles. The molecule has 1 atom stereocenters. The molecule has 138 valence electrons. The van der Waals surface area contributed by atoms with Crippen LogP contribution < -0.4 is 4.90 Å². The van der Waals surface area contributed by atoms with Gasteiger partial charge in [-0.15, -0.1) is 0 Å². The first-order valence-corrected chi connectivity index (χ1v) is 8.92. The second-order valence-corrected chi connectivity index (χ2v) is 7.27. The summed E-state index contributed by atoms with van der Waals surface area (Å²) >= 11 is 0. The number of carbonyl (C=O) groups excluding carboxylic acids is 2. The molecular formula is C20H25N3O3. The average Bonchev–Trinajstić information content (AvgIpc) is 3.19. The van der Waals surface area contributed by atoms with Gasteiger partial charge < -0.3 is 14.3 Å². The number of amides is 2. The summed E-state index contributed by atoms with van der Waals surface area (Å²) in [5.41, 5.74) is 2.80. The lowest BCUT2D eigenvalue weighted by molar-refractivity contribution is -0.135. The van der Waals surface area contributed by atoms with E-state index in [1.165, 1.54) is 5.56 Å². The maximum Gasteiger partial charge on any atom is 0.228 e. The van der Waals surface area contributed by atoms with Gasteiger partial charge in [0.15, 0.2) is 0 Å². The Morgan fingerprint density at radius 2 is 2.04 bits per heavy atom. The van der Waals surface area contributed by atoms with E-state index in [-0.39, 0.29) is 24.2 Å². The predicted molar refractivity (Wildman–Crippen MR) is 98.7 cm³/mol. The largest absolute Gasteiger partial charge is 0.361 e. The first-order chi connectivity index (χ1) is 12.3. The smallest absolute Gasteiger partial charge is 0.228 e. The van der Waals surface area contributed by atoms with Crippen LogP contribution in [0.25, 0.3) is 0 Å². The molecule has 2 amide bonds. The molecule has 2 heterocycles. The van der Waals surface area contributed by atoms with Crippen LogP contribution in [0.1, 0.15) is 43.2 Å². The zero-order valence-corrected chi connectivity index (χ0v) is 15.7. The molecule has 2 aromatic rings. The van der Waals surface area contributed by atoms with Crippen molar-refractivity contribution >= 4 is 17.5 Å². The quantitative estimate of drug-likeness (QED) is 0.826. The molecule has 0 spiro atoms. The van der Waals surface area contributed by atoms with Gasteiger partial charge in [-0.2, -0.15) is 0 Å². The number of rotatable bonds is 5. The number of hydrogen-bond donors (Lipinski definition) is 0. The van der Waals surface area contributed by atoms with Crippen molar-refractivity contribution in [1.29, 1.82) is 0 Å². The van der Waals surface area contributed by atoms with E-state index in [1.54, 1.807) is 16.8 Å². The Bertz CT molecular complexity index is 795. The fourth-order valence-electron chi connectivity index (χ4n) is 3.29. The molecule has 1 aromatic heterocycles. The van der Waals surface area contributed by atoms with Gasteiger partial charge in [0.05, 0.1) is 12.5 Å². The number of carbonyl (C=O) groups is 2. The van der Waals surface area contributed by atoms with Gasteiger partial charge in [0.25, 0.3) is 0 Å². The Morgan fingerprint density at radius 1 is 1.35 bits per heavy atom. The molecule has 26 heavy (non-hydrogen) atoms. The summed E-state index contributed by atoms with van der Waals surface area (Å²) in [5, 5.41) is 3.92. The van der Waals surface area contributed by atoms with Crippen LogP contribution in [-0.2, 0) is 16.1 Å². The normalized spacial score (nSPS) is 17.2. The minimum atomic E-state index is -0.328. The van der Waals surface area contributed by atoms with Crippen LogP contribution in [0.5, 0.6) is 0 Å². The van der Waals surface area contributed by atoms with E-state index in [1.807, 2.05) is 37.3 Å². The molecule has 1 saturated heterocycles. The van der Waals surface area contributed by atoms with Crippen LogP contribution in [0.15, 0.2) is 34.9 Å². The third kappa shape index (κ3) is 3.79. The van der Waals surface area contributed by atoms with Crippen molar-refractivity contribution < 1.29 is 14.1 Å². The minimum absolute atomic E-state index is 0.00803. The molecule has 0 aliphatic carbocycles. The van der Waals surface area contributed by atoms with Gasteiger partial charge in [0.1, 0.15) is 11.5 Å². The third-order valence-corrected chi connectivity index (χ3v) is 4.80. The summed E-state index contributed by atoms with van der Waals surface area (Å²) in [6, 6.07) is 9.82. The summed E-state index contributed by atoms with van der Waals surface area (Å²) in [6.45, 7) is 6.88. The van der Waals surface area contributed by atoms with Gasteiger partial charge in [-0.25, -0.2) is 0 Å². The first kappa shape index (κ1) is 18.2. The van der Waals surface area contributed by atoms with Crippen LogP contribution >= 0.6 is 0 Å². The van der Waals surface area contributed by atoms with Crippen molar-refractivity contribution in [2.24, 2.45) is 5.92 Å². The Balaban J connectivity index is 1.65. The Kier molecular flexibility index (Phi) is 5.11. The molecular weight excluding hydrogens is 330 g/mol. The topological polar surface area (TPSA) is 66.7 Å². The van der Waals surface area contributed by atoms with Crippen molar-refractivity contribution in [3.05, 3.63) is 47.3 Å². The number of nitrogens with zero attached hydrogens (tertiary/aromatic N) is 3. The van der Waals surface area contributed by atoms with Gasteiger partial charge in [-0.05, 0) is 30.5 Å². The average molecular weight is 355 g/mol. The van der Waals surface area contributed by atoms with Gasteiger partial charge in [-0.1, -0.05) is 31.1 Å². The van der Waals surface area contributed by atoms with Crippen molar-refractivity contribution in [2.75, 3.05) is 18.5 Å². The standard InChI is InChI=1S/C20H25N3O3/c1-13(2)15-5-7-18(8-6-15)23-11-16(10-19(23)24)20(25)22(4)12-17-9-14(3)26-21-17/h5-9,13,16H,10-12H2,1-4H3/t16-/m1/s1. The third-order valence-electron chi connectivity index (χ3n) is 4.80. The Hall–Kier alpha value is -2.63. The van der Waals surface area contributed by atoms with Gasteiger partial charge in [-0.3, -0.25) is 9.59 Å². The molecule has 1 fully saturated rings. The van der Waals surface area contributed by atoms with E-state index in [4.69, 9.17) is 4.52 Å².